The lowest BCUT2D eigenvalue weighted by Crippen LogP contribution is -2.44. The largest absolute Gasteiger partial charge is 0.493 e. The second kappa shape index (κ2) is 8.66. The van der Waals surface area contributed by atoms with Crippen LogP contribution in [0.1, 0.15) is 12.5 Å². The number of halogens is 1. The number of carboxylic acids is 1. The predicted octanol–water partition coefficient (Wildman–Crippen LogP) is 1.65. The number of amides is 1. The van der Waals surface area contributed by atoms with Gasteiger partial charge in [0.1, 0.15) is 6.67 Å². The minimum atomic E-state index is -1.57. The second-order valence-corrected chi connectivity index (χ2v) is 4.31. The molecule has 1 amide bonds. The van der Waals surface area contributed by atoms with Crippen LogP contribution in [0, 0.1) is 0 Å². The molecule has 0 spiro atoms. The van der Waals surface area contributed by atoms with Gasteiger partial charge in [-0.15, -0.1) is 0 Å². The van der Waals surface area contributed by atoms with E-state index >= 15 is 0 Å². The van der Waals surface area contributed by atoms with Gasteiger partial charge in [0.15, 0.2) is 24.1 Å². The zero-order valence-electron chi connectivity index (χ0n) is 12.3. The maximum absolute atomic E-state index is 12.4. The van der Waals surface area contributed by atoms with Gasteiger partial charge in [0.2, 0.25) is 0 Å². The SMILES string of the molecule is C/C=C/c1ccc(OCC(=O)NC(CF)C(=O)O)c(OC)c1. The van der Waals surface area contributed by atoms with E-state index in [9.17, 15) is 14.0 Å². The smallest absolute Gasteiger partial charge is 0.328 e. The molecule has 0 radical (unpaired) electrons. The van der Waals surface area contributed by atoms with Gasteiger partial charge in [0.25, 0.3) is 5.91 Å². The molecule has 0 fully saturated rings. The van der Waals surface area contributed by atoms with Gasteiger partial charge in [0.05, 0.1) is 7.11 Å². The summed E-state index contributed by atoms with van der Waals surface area (Å²) < 4.78 is 22.8. The van der Waals surface area contributed by atoms with E-state index in [0.717, 1.165) is 5.56 Å². The summed E-state index contributed by atoms with van der Waals surface area (Å²) in [6.45, 7) is 0.247. The number of carbonyl (C=O) groups excluding carboxylic acids is 1. The first-order valence-electron chi connectivity index (χ1n) is 6.53. The predicted molar refractivity (Wildman–Crippen MR) is 78.7 cm³/mol. The fourth-order valence-corrected chi connectivity index (χ4v) is 1.65. The first-order valence-corrected chi connectivity index (χ1v) is 6.53. The van der Waals surface area contributed by atoms with Crippen LogP contribution in [0.15, 0.2) is 24.3 Å². The van der Waals surface area contributed by atoms with Gasteiger partial charge in [-0.25, -0.2) is 9.18 Å². The van der Waals surface area contributed by atoms with Crippen molar-refractivity contribution in [1.82, 2.24) is 5.32 Å². The molecule has 6 nitrogen and oxygen atoms in total. The van der Waals surface area contributed by atoms with Crippen molar-refractivity contribution in [2.45, 2.75) is 13.0 Å². The Morgan fingerprint density at radius 2 is 2.14 bits per heavy atom. The number of methoxy groups -OCH3 is 1. The first kappa shape index (κ1) is 17.5. The zero-order chi connectivity index (χ0) is 16.5. The normalized spacial score (nSPS) is 12.0. The monoisotopic (exact) mass is 311 g/mol. The molecule has 1 rings (SSSR count). The minimum Gasteiger partial charge on any atom is -0.493 e. The molecule has 0 bridgehead atoms. The highest BCUT2D eigenvalue weighted by molar-refractivity contribution is 5.84. The van der Waals surface area contributed by atoms with Crippen molar-refractivity contribution in [3.8, 4) is 11.5 Å². The molecule has 1 aromatic carbocycles. The highest BCUT2D eigenvalue weighted by Crippen LogP contribution is 2.28. The molecule has 0 aliphatic carbocycles. The van der Waals surface area contributed by atoms with E-state index in [-0.39, 0.29) is 0 Å². The number of benzene rings is 1. The summed E-state index contributed by atoms with van der Waals surface area (Å²) in [5.74, 6) is -1.41. The summed E-state index contributed by atoms with van der Waals surface area (Å²) in [5, 5.41) is 10.7. The number of aliphatic carboxylic acids is 1. The quantitative estimate of drug-likeness (QED) is 0.762. The van der Waals surface area contributed by atoms with Gasteiger partial charge in [-0.3, -0.25) is 4.79 Å². The molecule has 7 heteroatoms. The molecule has 0 aromatic heterocycles. The Balaban J connectivity index is 2.67. The zero-order valence-corrected chi connectivity index (χ0v) is 12.3. The van der Waals surface area contributed by atoms with Crippen molar-refractivity contribution in [1.29, 1.82) is 0 Å². The summed E-state index contributed by atoms with van der Waals surface area (Å²) in [6.07, 6.45) is 3.74. The third-order valence-corrected chi connectivity index (χ3v) is 2.69. The third-order valence-electron chi connectivity index (χ3n) is 2.69. The van der Waals surface area contributed by atoms with E-state index in [1.54, 1.807) is 18.2 Å². The average Bonchev–Trinajstić information content (AvgIpc) is 2.51. The van der Waals surface area contributed by atoms with E-state index in [1.807, 2.05) is 24.4 Å². The molecule has 1 unspecified atom stereocenters. The van der Waals surface area contributed by atoms with Gasteiger partial charge in [-0.2, -0.15) is 0 Å². The molecule has 1 atom stereocenters. The molecule has 0 saturated carbocycles. The van der Waals surface area contributed by atoms with Gasteiger partial charge >= 0.3 is 5.97 Å². The van der Waals surface area contributed by atoms with E-state index in [1.165, 1.54) is 7.11 Å². The number of ether oxygens (including phenoxy) is 2. The highest BCUT2D eigenvalue weighted by Gasteiger charge is 2.20. The molecule has 0 aliphatic rings. The summed E-state index contributed by atoms with van der Waals surface area (Å²) in [7, 11) is 1.46. The number of allylic oxidation sites excluding steroid dienone is 1. The average molecular weight is 311 g/mol. The van der Waals surface area contributed by atoms with Crippen LogP contribution in [0.5, 0.6) is 11.5 Å². The van der Waals surface area contributed by atoms with E-state index in [4.69, 9.17) is 14.6 Å². The van der Waals surface area contributed by atoms with E-state index < -0.39 is 31.2 Å². The minimum absolute atomic E-state index is 0.332. The Hall–Kier alpha value is -2.57. The topological polar surface area (TPSA) is 84.9 Å². The standard InChI is InChI=1S/C15H18FNO5/c1-3-4-10-5-6-12(13(7-10)21-2)22-9-14(18)17-11(8-16)15(19)20/h3-7,11H,8-9H2,1-2H3,(H,17,18)(H,19,20)/b4-3+. The number of rotatable bonds is 8. The molecule has 1 aromatic rings. The highest BCUT2D eigenvalue weighted by atomic mass is 19.1. The first-order chi connectivity index (χ1) is 10.5. The molecule has 22 heavy (non-hydrogen) atoms. The molecule has 120 valence electrons. The van der Waals surface area contributed by atoms with Crippen LogP contribution in [-0.4, -0.2) is 43.4 Å². The Morgan fingerprint density at radius 1 is 1.41 bits per heavy atom. The van der Waals surface area contributed by atoms with E-state index in [2.05, 4.69) is 0 Å². The van der Waals surface area contributed by atoms with E-state index in [0.29, 0.717) is 11.5 Å². The summed E-state index contributed by atoms with van der Waals surface area (Å²) >= 11 is 0. The number of hydrogen-bond acceptors (Lipinski definition) is 4. The Morgan fingerprint density at radius 3 is 2.68 bits per heavy atom. The molecule has 0 saturated heterocycles. The second-order valence-electron chi connectivity index (χ2n) is 4.31. The molecule has 2 N–H and O–H groups in total. The van der Waals surface area contributed by atoms with Gasteiger partial charge in [0, 0.05) is 0 Å². The Kier molecular flexibility index (Phi) is 6.88. The summed E-state index contributed by atoms with van der Waals surface area (Å²) in [4.78, 5) is 22.2. The van der Waals surface area contributed by atoms with Crippen LogP contribution >= 0.6 is 0 Å². The maximum Gasteiger partial charge on any atom is 0.328 e. The van der Waals surface area contributed by atoms with Crippen LogP contribution in [-0.2, 0) is 9.59 Å². The van der Waals surface area contributed by atoms with Crippen LogP contribution in [0.4, 0.5) is 4.39 Å². The maximum atomic E-state index is 12.4. The van der Waals surface area contributed by atoms with Crippen LogP contribution in [0.25, 0.3) is 6.08 Å². The van der Waals surface area contributed by atoms with Crippen molar-refractivity contribution in [2.24, 2.45) is 0 Å². The fourth-order valence-electron chi connectivity index (χ4n) is 1.65. The van der Waals surface area contributed by atoms with Gasteiger partial charge in [-0.1, -0.05) is 18.2 Å². The van der Waals surface area contributed by atoms with Crippen LogP contribution in [0.2, 0.25) is 0 Å². The van der Waals surface area contributed by atoms with Crippen molar-refractivity contribution in [3.63, 3.8) is 0 Å². The molecule has 0 aliphatic heterocycles. The van der Waals surface area contributed by atoms with Crippen molar-refractivity contribution < 1.29 is 28.6 Å². The number of carbonyl (C=O) groups is 2. The Labute approximate surface area is 127 Å². The van der Waals surface area contributed by atoms with Crippen LogP contribution < -0.4 is 14.8 Å². The fraction of sp³-hybridized carbons (Fsp3) is 0.333. The third kappa shape index (κ3) is 5.08. The van der Waals surface area contributed by atoms with Crippen molar-refractivity contribution in [2.75, 3.05) is 20.4 Å². The molecular weight excluding hydrogens is 293 g/mol. The number of nitrogens with one attached hydrogen (secondary N) is 1. The Bertz CT molecular complexity index is 559. The van der Waals surface area contributed by atoms with Gasteiger partial charge < -0.3 is 19.9 Å². The van der Waals surface area contributed by atoms with Crippen molar-refractivity contribution >= 4 is 18.0 Å². The molecular formula is C15H18FNO5. The van der Waals surface area contributed by atoms with Gasteiger partial charge in [-0.05, 0) is 24.6 Å². The summed E-state index contributed by atoms with van der Waals surface area (Å²) in [6, 6.07) is 3.56. The lowest BCUT2D eigenvalue weighted by atomic mass is 10.2. The lowest BCUT2D eigenvalue weighted by molar-refractivity contribution is -0.142. The van der Waals surface area contributed by atoms with Crippen molar-refractivity contribution in [3.05, 3.63) is 29.8 Å². The molecule has 0 heterocycles. The number of hydrogen-bond donors (Lipinski definition) is 2. The summed E-state index contributed by atoms with van der Waals surface area (Å²) in [5.41, 5.74) is 0.902. The van der Waals surface area contributed by atoms with Crippen LogP contribution in [0.3, 0.4) is 0 Å². The lowest BCUT2D eigenvalue weighted by Gasteiger charge is -2.13. The number of carboxylic acid groups (broad SMARTS) is 1. The number of alkyl halides is 1.